The van der Waals surface area contributed by atoms with Gasteiger partial charge in [0.2, 0.25) is 5.91 Å². The van der Waals surface area contributed by atoms with Crippen LogP contribution in [0.2, 0.25) is 0 Å². The van der Waals surface area contributed by atoms with Crippen molar-refractivity contribution in [3.8, 4) is 0 Å². The number of hydrogen-bond donors (Lipinski definition) is 1. The van der Waals surface area contributed by atoms with E-state index in [-0.39, 0.29) is 23.7 Å². The Morgan fingerprint density at radius 2 is 2.14 bits per heavy atom. The lowest BCUT2D eigenvalue weighted by Gasteiger charge is -2.42. The number of nitro groups is 1. The number of nitro benzene ring substituents is 1. The quantitative estimate of drug-likeness (QED) is 0.666. The molecule has 6 nitrogen and oxygen atoms in total. The van der Waals surface area contributed by atoms with Crippen molar-refractivity contribution < 1.29 is 9.72 Å². The number of hydrogen-bond acceptors (Lipinski definition) is 4. The molecule has 1 aromatic carbocycles. The largest absolute Gasteiger partial charge is 0.331 e. The molecule has 21 heavy (non-hydrogen) atoms. The van der Waals surface area contributed by atoms with Gasteiger partial charge in [-0.2, -0.15) is 0 Å². The highest BCUT2D eigenvalue weighted by atomic mass is 79.9. The minimum Gasteiger partial charge on any atom is -0.331 e. The van der Waals surface area contributed by atoms with Gasteiger partial charge in [-0.15, -0.1) is 0 Å². The smallest absolute Gasteiger partial charge is 0.275 e. The number of carbonyl (C=O) groups is 1. The SMILES string of the molecule is CC(C)N1C(=O)CCC(N)C1c1ccc(Br)cc1[N+](=O)[O-]. The van der Waals surface area contributed by atoms with Crippen LogP contribution in [0.1, 0.15) is 38.3 Å². The maximum Gasteiger partial charge on any atom is 0.275 e. The normalized spacial score (nSPS) is 22.7. The molecule has 2 N–H and O–H groups in total. The van der Waals surface area contributed by atoms with Crippen molar-refractivity contribution in [2.75, 3.05) is 0 Å². The summed E-state index contributed by atoms with van der Waals surface area (Å²) in [5.41, 5.74) is 6.67. The molecule has 1 saturated heterocycles. The first-order valence-electron chi connectivity index (χ1n) is 6.83. The van der Waals surface area contributed by atoms with Crippen LogP contribution in [0.5, 0.6) is 0 Å². The average Bonchev–Trinajstić information content (AvgIpc) is 2.40. The molecule has 2 rings (SSSR count). The van der Waals surface area contributed by atoms with Gasteiger partial charge in [-0.1, -0.05) is 15.9 Å². The third-order valence-electron chi connectivity index (χ3n) is 3.75. The zero-order valence-corrected chi connectivity index (χ0v) is 13.5. The van der Waals surface area contributed by atoms with Crippen LogP contribution in [0.25, 0.3) is 0 Å². The number of nitrogens with zero attached hydrogens (tertiary/aromatic N) is 2. The average molecular weight is 356 g/mol. The lowest BCUT2D eigenvalue weighted by atomic mass is 9.88. The first-order valence-corrected chi connectivity index (χ1v) is 7.62. The van der Waals surface area contributed by atoms with E-state index in [1.807, 2.05) is 13.8 Å². The summed E-state index contributed by atoms with van der Waals surface area (Å²) in [6, 6.07) is 4.06. The van der Waals surface area contributed by atoms with E-state index >= 15 is 0 Å². The number of halogens is 1. The van der Waals surface area contributed by atoms with Gasteiger partial charge in [-0.25, -0.2) is 0 Å². The van der Waals surface area contributed by atoms with Crippen molar-refractivity contribution in [1.82, 2.24) is 4.90 Å². The van der Waals surface area contributed by atoms with Crippen LogP contribution in [-0.4, -0.2) is 27.8 Å². The Balaban J connectivity index is 2.55. The van der Waals surface area contributed by atoms with E-state index in [1.54, 1.807) is 17.0 Å². The van der Waals surface area contributed by atoms with Crippen molar-refractivity contribution in [3.05, 3.63) is 38.3 Å². The van der Waals surface area contributed by atoms with Crippen molar-refractivity contribution in [2.24, 2.45) is 5.73 Å². The molecule has 0 aliphatic carbocycles. The van der Waals surface area contributed by atoms with Gasteiger partial charge in [0.25, 0.3) is 5.69 Å². The van der Waals surface area contributed by atoms with Crippen LogP contribution in [-0.2, 0) is 4.79 Å². The number of likely N-dealkylation sites (tertiary alicyclic amines) is 1. The number of rotatable bonds is 3. The molecular weight excluding hydrogens is 338 g/mol. The summed E-state index contributed by atoms with van der Waals surface area (Å²) in [5, 5.41) is 11.3. The van der Waals surface area contributed by atoms with Gasteiger partial charge in [0, 0.05) is 29.0 Å². The predicted molar refractivity (Wildman–Crippen MR) is 82.7 cm³/mol. The Hall–Kier alpha value is -1.47. The first-order chi connectivity index (χ1) is 9.82. The molecule has 1 aliphatic rings. The molecule has 1 fully saturated rings. The Morgan fingerprint density at radius 3 is 2.71 bits per heavy atom. The fourth-order valence-corrected chi connectivity index (χ4v) is 3.20. The Kier molecular flexibility index (Phi) is 4.63. The molecular formula is C14H18BrN3O3. The summed E-state index contributed by atoms with van der Waals surface area (Å²) in [7, 11) is 0. The highest BCUT2D eigenvalue weighted by Gasteiger charge is 2.39. The van der Waals surface area contributed by atoms with Gasteiger partial charge in [0.15, 0.2) is 0 Å². The number of nitrogens with two attached hydrogens (primary N) is 1. The van der Waals surface area contributed by atoms with E-state index in [0.717, 1.165) is 0 Å². The minimum atomic E-state index is -0.459. The number of amides is 1. The lowest BCUT2D eigenvalue weighted by molar-refractivity contribution is -0.386. The zero-order chi connectivity index (χ0) is 15.7. The highest BCUT2D eigenvalue weighted by Crippen LogP contribution is 2.38. The van der Waals surface area contributed by atoms with Gasteiger partial charge < -0.3 is 10.6 Å². The summed E-state index contributed by atoms with van der Waals surface area (Å²) >= 11 is 3.24. The Labute approximate surface area is 131 Å². The van der Waals surface area contributed by atoms with E-state index in [0.29, 0.717) is 22.9 Å². The first kappa shape index (κ1) is 15.9. The van der Waals surface area contributed by atoms with Crippen molar-refractivity contribution in [2.45, 2.75) is 44.8 Å². The predicted octanol–water partition coefficient (Wildman–Crippen LogP) is 2.76. The number of benzene rings is 1. The summed E-state index contributed by atoms with van der Waals surface area (Å²) in [4.78, 5) is 24.8. The second-order valence-electron chi connectivity index (χ2n) is 5.50. The van der Waals surface area contributed by atoms with E-state index in [1.165, 1.54) is 6.07 Å². The van der Waals surface area contributed by atoms with Crippen LogP contribution in [0, 0.1) is 10.1 Å². The fraction of sp³-hybridized carbons (Fsp3) is 0.500. The fourth-order valence-electron chi connectivity index (χ4n) is 2.85. The summed E-state index contributed by atoms with van der Waals surface area (Å²) in [5.74, 6) is -0.00563. The van der Waals surface area contributed by atoms with Crippen LogP contribution in [0.15, 0.2) is 22.7 Å². The topological polar surface area (TPSA) is 89.5 Å². The van der Waals surface area contributed by atoms with E-state index in [4.69, 9.17) is 5.73 Å². The molecule has 1 aromatic rings. The molecule has 7 heteroatoms. The zero-order valence-electron chi connectivity index (χ0n) is 12.0. The molecule has 0 radical (unpaired) electrons. The molecule has 0 bridgehead atoms. The van der Waals surface area contributed by atoms with Crippen LogP contribution in [0.4, 0.5) is 5.69 Å². The molecule has 114 valence electrons. The number of carbonyl (C=O) groups excluding carboxylic acids is 1. The third kappa shape index (κ3) is 3.08. The molecule has 2 atom stereocenters. The van der Waals surface area contributed by atoms with Crippen molar-refractivity contribution in [3.63, 3.8) is 0 Å². The Morgan fingerprint density at radius 1 is 1.48 bits per heavy atom. The minimum absolute atomic E-state index is 0.00563. The van der Waals surface area contributed by atoms with E-state index < -0.39 is 11.0 Å². The van der Waals surface area contributed by atoms with Crippen LogP contribution >= 0.6 is 15.9 Å². The monoisotopic (exact) mass is 355 g/mol. The molecule has 0 aromatic heterocycles. The maximum atomic E-state index is 12.2. The summed E-state index contributed by atoms with van der Waals surface area (Å²) < 4.78 is 0.629. The van der Waals surface area contributed by atoms with Gasteiger partial charge >= 0.3 is 0 Å². The molecule has 1 amide bonds. The van der Waals surface area contributed by atoms with E-state index in [9.17, 15) is 14.9 Å². The third-order valence-corrected chi connectivity index (χ3v) is 4.24. The van der Waals surface area contributed by atoms with Gasteiger partial charge in [0.1, 0.15) is 0 Å². The van der Waals surface area contributed by atoms with Crippen LogP contribution < -0.4 is 5.73 Å². The summed E-state index contributed by atoms with van der Waals surface area (Å²) in [6.45, 7) is 3.79. The molecule has 1 aliphatic heterocycles. The van der Waals surface area contributed by atoms with Crippen molar-refractivity contribution in [1.29, 1.82) is 0 Å². The molecule has 2 unspecified atom stereocenters. The second-order valence-corrected chi connectivity index (χ2v) is 6.42. The van der Waals surface area contributed by atoms with Gasteiger partial charge in [0.05, 0.1) is 16.5 Å². The summed E-state index contributed by atoms with van der Waals surface area (Å²) in [6.07, 6.45) is 0.931. The van der Waals surface area contributed by atoms with Gasteiger partial charge in [-0.05, 0) is 32.4 Å². The standard InChI is InChI=1S/C14H18BrN3O3/c1-8(2)17-13(19)6-5-11(16)14(17)10-4-3-9(15)7-12(10)18(20)21/h3-4,7-8,11,14H,5-6,16H2,1-2H3. The van der Waals surface area contributed by atoms with E-state index in [2.05, 4.69) is 15.9 Å². The highest BCUT2D eigenvalue weighted by molar-refractivity contribution is 9.10. The maximum absolute atomic E-state index is 12.2. The Bertz CT molecular complexity index is 577. The number of piperidine rings is 1. The molecule has 0 spiro atoms. The second kappa shape index (κ2) is 6.11. The van der Waals surface area contributed by atoms with Gasteiger partial charge in [-0.3, -0.25) is 14.9 Å². The van der Waals surface area contributed by atoms with Crippen molar-refractivity contribution >= 4 is 27.5 Å². The lowest BCUT2D eigenvalue weighted by Crippen LogP contribution is -2.51. The van der Waals surface area contributed by atoms with Crippen LogP contribution in [0.3, 0.4) is 0 Å². The molecule has 0 saturated carbocycles. The molecule has 1 heterocycles.